The van der Waals surface area contributed by atoms with Crippen molar-refractivity contribution in [2.45, 2.75) is 81.7 Å². The van der Waals surface area contributed by atoms with Gasteiger partial charge in [0.15, 0.2) is 0 Å². The molecule has 2 aliphatic carbocycles. The Labute approximate surface area is 188 Å². The van der Waals surface area contributed by atoms with E-state index in [0.29, 0.717) is 12.2 Å². The molecule has 0 spiro atoms. The van der Waals surface area contributed by atoms with Gasteiger partial charge in [0.05, 0.1) is 0 Å². The van der Waals surface area contributed by atoms with Crippen molar-refractivity contribution in [1.82, 2.24) is 20.1 Å². The zero-order valence-electron chi connectivity index (χ0n) is 18.9. The molecule has 1 aliphatic heterocycles. The maximum Gasteiger partial charge on any atom is 0.410 e. The van der Waals surface area contributed by atoms with Crippen molar-refractivity contribution in [3.05, 3.63) is 39.7 Å². The van der Waals surface area contributed by atoms with Gasteiger partial charge in [-0.3, -0.25) is 5.10 Å². The van der Waals surface area contributed by atoms with Gasteiger partial charge in [-0.05, 0) is 87.1 Å². The summed E-state index contributed by atoms with van der Waals surface area (Å²) < 4.78 is 31.3. The third-order valence-electron chi connectivity index (χ3n) is 6.65. The van der Waals surface area contributed by atoms with Crippen LogP contribution >= 0.6 is 0 Å². The number of nitrogens with one attached hydrogen (secondary N) is 1. The molecule has 0 saturated carbocycles. The summed E-state index contributed by atoms with van der Waals surface area (Å²) in [5.41, 5.74) is 6.47. The van der Waals surface area contributed by atoms with Gasteiger partial charge in [0.2, 0.25) is 9.84 Å². The first-order valence-corrected chi connectivity index (χ1v) is 12.9. The summed E-state index contributed by atoms with van der Waals surface area (Å²) in [5.74, 6) is 0.585. The minimum atomic E-state index is -3.71. The molecule has 9 heteroatoms. The number of fused-ring (bicyclic) bond motifs is 2. The standard InChI is InChI=1S/C23H30N4O4S/c1-23(2,3)31-22(28)27-12-16(13-27)32(29,30)21-24-20(25-26-21)11-19-17-8-4-6-14(17)10-15-7-5-9-18(15)19/h10,16H,4-9,11-13H2,1-3H3,(H,24,25,26). The van der Waals surface area contributed by atoms with E-state index in [1.165, 1.54) is 45.6 Å². The predicted octanol–water partition coefficient (Wildman–Crippen LogP) is 2.77. The molecule has 8 nitrogen and oxygen atoms in total. The van der Waals surface area contributed by atoms with Crippen molar-refractivity contribution in [2.24, 2.45) is 0 Å². The highest BCUT2D eigenvalue weighted by Crippen LogP contribution is 2.36. The highest BCUT2D eigenvalue weighted by atomic mass is 32.2. The van der Waals surface area contributed by atoms with Crippen LogP contribution in [-0.4, -0.2) is 58.5 Å². The largest absolute Gasteiger partial charge is 0.444 e. The molecule has 1 fully saturated rings. The Morgan fingerprint density at radius 2 is 1.75 bits per heavy atom. The van der Waals surface area contributed by atoms with Crippen molar-refractivity contribution < 1.29 is 17.9 Å². The lowest BCUT2D eigenvalue weighted by molar-refractivity contribution is 0.0138. The third-order valence-corrected chi connectivity index (χ3v) is 8.51. The van der Waals surface area contributed by atoms with Crippen LogP contribution < -0.4 is 0 Å². The molecule has 1 amide bonds. The zero-order valence-corrected chi connectivity index (χ0v) is 19.7. The van der Waals surface area contributed by atoms with Gasteiger partial charge in [-0.15, -0.1) is 5.10 Å². The Bertz CT molecular complexity index is 1140. The smallest absolute Gasteiger partial charge is 0.410 e. The van der Waals surface area contributed by atoms with Crippen LogP contribution in [0.25, 0.3) is 0 Å². The van der Waals surface area contributed by atoms with Gasteiger partial charge in [-0.2, -0.15) is 0 Å². The fourth-order valence-electron chi connectivity index (χ4n) is 5.06. The van der Waals surface area contributed by atoms with Crippen LogP contribution in [0, 0.1) is 0 Å². The van der Waals surface area contributed by atoms with Crippen LogP contribution in [0.15, 0.2) is 11.2 Å². The molecule has 1 aromatic heterocycles. The van der Waals surface area contributed by atoms with Gasteiger partial charge in [-0.1, -0.05) is 6.07 Å². The zero-order chi connectivity index (χ0) is 22.7. The van der Waals surface area contributed by atoms with E-state index < -0.39 is 26.8 Å². The number of amides is 1. The lowest BCUT2D eigenvalue weighted by atomic mass is 9.92. The number of aromatic nitrogens is 3. The van der Waals surface area contributed by atoms with Crippen molar-refractivity contribution in [3.8, 4) is 0 Å². The van der Waals surface area contributed by atoms with E-state index in [-0.39, 0.29) is 18.2 Å². The Morgan fingerprint density at radius 3 is 2.34 bits per heavy atom. The average molecular weight is 459 g/mol. The summed E-state index contributed by atoms with van der Waals surface area (Å²) in [7, 11) is -3.71. The number of nitrogens with zero attached hydrogens (tertiary/aromatic N) is 3. The molecule has 1 N–H and O–H groups in total. The number of benzene rings is 1. The van der Waals surface area contributed by atoms with Crippen LogP contribution in [-0.2, 0) is 46.7 Å². The molecule has 1 saturated heterocycles. The second kappa shape index (κ2) is 7.57. The van der Waals surface area contributed by atoms with Crippen LogP contribution in [0.5, 0.6) is 0 Å². The molecule has 2 aromatic rings. The first kappa shape index (κ1) is 21.4. The molecule has 3 aliphatic rings. The van der Waals surface area contributed by atoms with Crippen molar-refractivity contribution in [3.63, 3.8) is 0 Å². The summed E-state index contributed by atoms with van der Waals surface area (Å²) in [6.45, 7) is 5.55. The van der Waals surface area contributed by atoms with Gasteiger partial charge < -0.3 is 9.64 Å². The monoisotopic (exact) mass is 458 g/mol. The summed E-state index contributed by atoms with van der Waals surface area (Å²) in [6, 6.07) is 2.39. The fourth-order valence-corrected chi connectivity index (χ4v) is 6.52. The summed E-state index contributed by atoms with van der Waals surface area (Å²) in [5, 5.41) is 6.03. The Hall–Kier alpha value is -2.42. The maximum atomic E-state index is 13.0. The topological polar surface area (TPSA) is 105 Å². The van der Waals surface area contributed by atoms with Gasteiger partial charge in [0.1, 0.15) is 16.7 Å². The van der Waals surface area contributed by atoms with Gasteiger partial charge in [0.25, 0.3) is 5.16 Å². The van der Waals surface area contributed by atoms with Crippen LogP contribution in [0.3, 0.4) is 0 Å². The molecule has 0 bridgehead atoms. The molecule has 0 atom stereocenters. The first-order valence-electron chi connectivity index (χ1n) is 11.4. The molecule has 1 aromatic carbocycles. The lowest BCUT2D eigenvalue weighted by Gasteiger charge is -2.38. The summed E-state index contributed by atoms with van der Waals surface area (Å²) in [4.78, 5) is 17.9. The number of H-pyrrole nitrogens is 1. The lowest BCUT2D eigenvalue weighted by Crippen LogP contribution is -2.57. The Balaban J connectivity index is 1.31. The number of aryl methyl sites for hydroxylation is 2. The van der Waals surface area contributed by atoms with Crippen molar-refractivity contribution in [2.75, 3.05) is 13.1 Å². The number of hydrogen-bond donors (Lipinski definition) is 1. The highest BCUT2D eigenvalue weighted by Gasteiger charge is 2.44. The van der Waals surface area contributed by atoms with E-state index in [0.717, 1.165) is 25.7 Å². The van der Waals surface area contributed by atoms with Gasteiger partial charge >= 0.3 is 6.09 Å². The second-order valence-corrected chi connectivity index (χ2v) is 12.3. The predicted molar refractivity (Wildman–Crippen MR) is 118 cm³/mol. The number of ether oxygens (including phenoxy) is 1. The van der Waals surface area contributed by atoms with Crippen molar-refractivity contribution >= 4 is 15.9 Å². The van der Waals surface area contributed by atoms with Gasteiger partial charge in [0, 0.05) is 19.5 Å². The number of sulfone groups is 1. The highest BCUT2D eigenvalue weighted by molar-refractivity contribution is 7.92. The van der Waals surface area contributed by atoms with Crippen LogP contribution in [0.1, 0.15) is 67.3 Å². The number of carbonyl (C=O) groups is 1. The first-order chi connectivity index (χ1) is 15.1. The van der Waals surface area contributed by atoms with Crippen molar-refractivity contribution in [1.29, 1.82) is 0 Å². The fraction of sp³-hybridized carbons (Fsp3) is 0.609. The second-order valence-electron chi connectivity index (χ2n) is 10.1. The minimum Gasteiger partial charge on any atom is -0.444 e. The van der Waals surface area contributed by atoms with E-state index in [1.54, 1.807) is 20.8 Å². The Kier molecular flexibility index (Phi) is 5.07. The van der Waals surface area contributed by atoms with E-state index in [1.807, 2.05) is 0 Å². The van der Waals surface area contributed by atoms with Crippen LogP contribution in [0.4, 0.5) is 4.79 Å². The van der Waals surface area contributed by atoms with Gasteiger partial charge in [-0.25, -0.2) is 18.2 Å². The van der Waals surface area contributed by atoms with Crippen LogP contribution in [0.2, 0.25) is 0 Å². The molecule has 5 rings (SSSR count). The summed E-state index contributed by atoms with van der Waals surface area (Å²) >= 11 is 0. The molecule has 172 valence electrons. The number of carbonyl (C=O) groups excluding carboxylic acids is 1. The summed E-state index contributed by atoms with van der Waals surface area (Å²) in [6.07, 6.45) is 6.87. The molecular formula is C23H30N4O4S. The quantitative estimate of drug-likeness (QED) is 0.755. The Morgan fingerprint density at radius 1 is 1.12 bits per heavy atom. The molecule has 32 heavy (non-hydrogen) atoms. The number of hydrogen-bond acceptors (Lipinski definition) is 6. The SMILES string of the molecule is CC(C)(C)OC(=O)N1CC(S(=O)(=O)c2n[nH]c(Cc3c4c(cc5c3CCC5)CCC4)n2)C1. The van der Waals surface area contributed by atoms with E-state index in [2.05, 4.69) is 21.2 Å². The maximum absolute atomic E-state index is 13.0. The number of rotatable bonds is 4. The van der Waals surface area contributed by atoms with E-state index >= 15 is 0 Å². The molecule has 0 radical (unpaired) electrons. The normalized spacial score (nSPS) is 18.4. The molecule has 2 heterocycles. The van der Waals surface area contributed by atoms with E-state index in [9.17, 15) is 13.2 Å². The number of aromatic amines is 1. The third kappa shape index (κ3) is 3.80. The molecular weight excluding hydrogens is 428 g/mol. The van der Waals surface area contributed by atoms with E-state index in [4.69, 9.17) is 4.74 Å². The number of likely N-dealkylation sites (tertiary alicyclic amines) is 1. The minimum absolute atomic E-state index is 0.0980. The average Bonchev–Trinajstić information content (AvgIpc) is 3.38. The molecule has 0 unspecified atom stereocenters.